The van der Waals surface area contributed by atoms with Gasteiger partial charge in [0.2, 0.25) is 10.0 Å². The Labute approximate surface area is 117 Å². The molecule has 0 saturated heterocycles. The van der Waals surface area contributed by atoms with Gasteiger partial charge in [0.1, 0.15) is 0 Å². The van der Waals surface area contributed by atoms with E-state index in [1.54, 1.807) is 48.5 Å². The molecule has 0 aliphatic heterocycles. The van der Waals surface area contributed by atoms with Gasteiger partial charge in [0.05, 0.1) is 0 Å². The SMILES string of the molecule is NS(=O)(=O)C=Cc1cccc(C(=O)c2ccccc2)c1. The van der Waals surface area contributed by atoms with E-state index in [1.165, 1.54) is 6.08 Å². The second-order valence-electron chi connectivity index (χ2n) is 4.21. The van der Waals surface area contributed by atoms with Crippen LogP contribution in [-0.2, 0) is 10.0 Å². The Morgan fingerprint density at radius 2 is 1.60 bits per heavy atom. The molecule has 0 amide bonds. The van der Waals surface area contributed by atoms with Crippen molar-refractivity contribution in [3.63, 3.8) is 0 Å². The Kier molecular flexibility index (Phi) is 4.12. The summed E-state index contributed by atoms with van der Waals surface area (Å²) in [6.07, 6.45) is 1.36. The lowest BCUT2D eigenvalue weighted by atomic mass is 10.0. The first-order chi connectivity index (χ1) is 9.46. The molecule has 0 unspecified atom stereocenters. The van der Waals surface area contributed by atoms with E-state index in [1.807, 2.05) is 6.07 Å². The number of primary sulfonamides is 1. The van der Waals surface area contributed by atoms with Gasteiger partial charge in [0.25, 0.3) is 0 Å². The van der Waals surface area contributed by atoms with Gasteiger partial charge in [-0.15, -0.1) is 0 Å². The zero-order valence-corrected chi connectivity index (χ0v) is 11.4. The molecule has 0 fully saturated rings. The van der Waals surface area contributed by atoms with E-state index < -0.39 is 10.0 Å². The smallest absolute Gasteiger partial charge is 0.231 e. The van der Waals surface area contributed by atoms with Gasteiger partial charge < -0.3 is 0 Å². The average molecular weight is 287 g/mol. The molecular weight excluding hydrogens is 274 g/mol. The molecule has 0 bridgehead atoms. The fourth-order valence-corrected chi connectivity index (χ4v) is 2.06. The van der Waals surface area contributed by atoms with Crippen LogP contribution < -0.4 is 5.14 Å². The van der Waals surface area contributed by atoms with Crippen molar-refractivity contribution in [1.29, 1.82) is 0 Å². The monoisotopic (exact) mass is 287 g/mol. The summed E-state index contributed by atoms with van der Waals surface area (Å²) >= 11 is 0. The van der Waals surface area contributed by atoms with Crippen LogP contribution in [0.2, 0.25) is 0 Å². The second-order valence-corrected chi connectivity index (χ2v) is 5.66. The molecule has 0 radical (unpaired) electrons. The summed E-state index contributed by atoms with van der Waals surface area (Å²) in [5.74, 6) is -0.114. The van der Waals surface area contributed by atoms with E-state index in [0.29, 0.717) is 16.7 Å². The molecule has 2 rings (SSSR count). The zero-order chi connectivity index (χ0) is 14.6. The first-order valence-corrected chi connectivity index (χ1v) is 7.47. The van der Waals surface area contributed by atoms with Crippen LogP contribution in [0.3, 0.4) is 0 Å². The van der Waals surface area contributed by atoms with Crippen LogP contribution in [0.1, 0.15) is 21.5 Å². The van der Waals surface area contributed by atoms with E-state index in [9.17, 15) is 13.2 Å². The topological polar surface area (TPSA) is 77.2 Å². The summed E-state index contributed by atoms with van der Waals surface area (Å²) in [6.45, 7) is 0. The highest BCUT2D eigenvalue weighted by Gasteiger charge is 2.08. The van der Waals surface area contributed by atoms with Gasteiger partial charge in [-0.1, -0.05) is 48.5 Å². The van der Waals surface area contributed by atoms with Crippen molar-refractivity contribution in [2.75, 3.05) is 0 Å². The maximum Gasteiger partial charge on any atom is 0.231 e. The zero-order valence-electron chi connectivity index (χ0n) is 10.6. The van der Waals surface area contributed by atoms with Crippen LogP contribution in [0.15, 0.2) is 60.0 Å². The molecule has 2 aromatic rings. The van der Waals surface area contributed by atoms with E-state index in [2.05, 4.69) is 0 Å². The standard InChI is InChI=1S/C15H13NO3S/c16-20(18,19)10-9-12-5-4-8-14(11-12)15(17)13-6-2-1-3-7-13/h1-11H,(H2,16,18,19). The van der Waals surface area contributed by atoms with E-state index in [-0.39, 0.29) is 5.78 Å². The minimum atomic E-state index is -3.67. The Morgan fingerprint density at radius 1 is 0.950 bits per heavy atom. The van der Waals surface area contributed by atoms with Gasteiger partial charge >= 0.3 is 0 Å². The fourth-order valence-electron chi connectivity index (χ4n) is 1.71. The molecule has 0 heterocycles. The molecule has 102 valence electrons. The van der Waals surface area contributed by atoms with E-state index >= 15 is 0 Å². The van der Waals surface area contributed by atoms with Crippen molar-refractivity contribution < 1.29 is 13.2 Å². The largest absolute Gasteiger partial charge is 0.289 e. The molecule has 0 saturated carbocycles. The maximum absolute atomic E-state index is 12.2. The number of nitrogens with two attached hydrogens (primary N) is 1. The first-order valence-electron chi connectivity index (χ1n) is 5.86. The van der Waals surface area contributed by atoms with Crippen LogP contribution in [-0.4, -0.2) is 14.2 Å². The van der Waals surface area contributed by atoms with E-state index in [0.717, 1.165) is 5.41 Å². The number of benzene rings is 2. The highest BCUT2D eigenvalue weighted by molar-refractivity contribution is 7.92. The third kappa shape index (κ3) is 3.88. The van der Waals surface area contributed by atoms with Crippen LogP contribution in [0.25, 0.3) is 6.08 Å². The Morgan fingerprint density at radius 3 is 2.25 bits per heavy atom. The number of carbonyl (C=O) groups is 1. The third-order valence-corrected chi connectivity index (χ3v) is 3.15. The summed E-state index contributed by atoms with van der Waals surface area (Å²) < 4.78 is 21.7. The molecule has 20 heavy (non-hydrogen) atoms. The molecule has 0 spiro atoms. The third-order valence-electron chi connectivity index (χ3n) is 2.63. The van der Waals surface area contributed by atoms with Crippen molar-refractivity contribution in [2.24, 2.45) is 5.14 Å². The summed E-state index contributed by atoms with van der Waals surface area (Å²) in [5.41, 5.74) is 1.67. The number of hydrogen-bond acceptors (Lipinski definition) is 3. The van der Waals surface area contributed by atoms with E-state index in [4.69, 9.17) is 5.14 Å². The van der Waals surface area contributed by atoms with Crippen LogP contribution >= 0.6 is 0 Å². The average Bonchev–Trinajstić information content (AvgIpc) is 2.45. The molecule has 0 aliphatic rings. The lowest BCUT2D eigenvalue weighted by Gasteiger charge is -2.02. The minimum Gasteiger partial charge on any atom is -0.289 e. The van der Waals surface area contributed by atoms with Crippen molar-refractivity contribution in [3.05, 3.63) is 76.7 Å². The lowest BCUT2D eigenvalue weighted by molar-refractivity contribution is 0.103. The van der Waals surface area contributed by atoms with Crippen molar-refractivity contribution in [2.45, 2.75) is 0 Å². The molecule has 2 N–H and O–H groups in total. The number of rotatable bonds is 4. The second kappa shape index (κ2) is 5.81. The van der Waals surface area contributed by atoms with Crippen molar-refractivity contribution >= 4 is 21.9 Å². The van der Waals surface area contributed by atoms with Gasteiger partial charge in [-0.05, 0) is 17.7 Å². The highest BCUT2D eigenvalue weighted by atomic mass is 32.2. The van der Waals surface area contributed by atoms with Crippen LogP contribution in [0.5, 0.6) is 0 Å². The molecular formula is C15H13NO3S. The minimum absolute atomic E-state index is 0.114. The van der Waals surface area contributed by atoms with Crippen molar-refractivity contribution in [1.82, 2.24) is 0 Å². The summed E-state index contributed by atoms with van der Waals surface area (Å²) in [6, 6.07) is 15.6. The summed E-state index contributed by atoms with van der Waals surface area (Å²) in [7, 11) is -3.67. The molecule has 0 atom stereocenters. The molecule has 0 aromatic heterocycles. The maximum atomic E-state index is 12.2. The Balaban J connectivity index is 2.31. The van der Waals surface area contributed by atoms with Gasteiger partial charge in [-0.2, -0.15) is 0 Å². The molecule has 0 aliphatic carbocycles. The van der Waals surface area contributed by atoms with Gasteiger partial charge in [0.15, 0.2) is 5.78 Å². The fraction of sp³-hybridized carbons (Fsp3) is 0. The Bertz CT molecular complexity index is 750. The summed E-state index contributed by atoms with van der Waals surface area (Å²) in [5, 5.41) is 5.79. The summed E-state index contributed by atoms with van der Waals surface area (Å²) in [4.78, 5) is 12.2. The van der Waals surface area contributed by atoms with Gasteiger partial charge in [-0.3, -0.25) is 4.79 Å². The molecule has 2 aromatic carbocycles. The number of sulfonamides is 1. The van der Waals surface area contributed by atoms with Gasteiger partial charge in [0, 0.05) is 16.5 Å². The normalized spacial score (nSPS) is 11.7. The number of ketones is 1. The predicted molar refractivity (Wildman–Crippen MR) is 78.5 cm³/mol. The quantitative estimate of drug-likeness (QED) is 0.875. The van der Waals surface area contributed by atoms with Gasteiger partial charge in [-0.25, -0.2) is 13.6 Å². The highest BCUT2D eigenvalue weighted by Crippen LogP contribution is 2.13. The van der Waals surface area contributed by atoms with Crippen LogP contribution in [0, 0.1) is 0 Å². The molecule has 4 nitrogen and oxygen atoms in total. The first kappa shape index (κ1) is 14.2. The Hall–Kier alpha value is -2.24. The predicted octanol–water partition coefficient (Wildman–Crippen LogP) is 2.18. The van der Waals surface area contributed by atoms with Crippen molar-refractivity contribution in [3.8, 4) is 0 Å². The number of carbonyl (C=O) groups excluding carboxylic acids is 1. The molecule has 5 heteroatoms. The van der Waals surface area contributed by atoms with Crippen LogP contribution in [0.4, 0.5) is 0 Å². The lowest BCUT2D eigenvalue weighted by Crippen LogP contribution is -2.06. The number of hydrogen-bond donors (Lipinski definition) is 1.